The van der Waals surface area contributed by atoms with E-state index < -0.39 is 0 Å². The second-order valence-electron chi connectivity index (χ2n) is 7.26. The van der Waals surface area contributed by atoms with Crippen LogP contribution < -0.4 is 10.6 Å². The lowest BCUT2D eigenvalue weighted by molar-refractivity contribution is -0.117. The maximum absolute atomic E-state index is 12.5. The van der Waals surface area contributed by atoms with Crippen LogP contribution in [0, 0.1) is 12.8 Å². The van der Waals surface area contributed by atoms with E-state index in [0.29, 0.717) is 17.1 Å². The van der Waals surface area contributed by atoms with Crippen LogP contribution in [0.25, 0.3) is 0 Å². The number of carbonyl (C=O) groups excluding carboxylic acids is 1. The quantitative estimate of drug-likeness (QED) is 0.882. The molecule has 0 spiro atoms. The number of hydrogen-bond acceptors (Lipinski definition) is 5. The Balaban J connectivity index is 1.34. The number of aryl methyl sites for hydroxylation is 1. The Morgan fingerprint density at radius 2 is 2.04 bits per heavy atom. The summed E-state index contributed by atoms with van der Waals surface area (Å²) in [7, 11) is 0. The maximum Gasteiger partial charge on any atom is 0.243 e. The molecule has 2 N–H and O–H groups in total. The fourth-order valence-electron chi connectivity index (χ4n) is 3.97. The summed E-state index contributed by atoms with van der Waals surface area (Å²) < 4.78 is 0. The summed E-state index contributed by atoms with van der Waals surface area (Å²) in [5.74, 6) is 0.698. The zero-order chi connectivity index (χ0) is 17.2. The van der Waals surface area contributed by atoms with Crippen LogP contribution in [0.1, 0.15) is 48.2 Å². The molecule has 25 heavy (non-hydrogen) atoms. The molecule has 6 heteroatoms. The highest BCUT2D eigenvalue weighted by Crippen LogP contribution is 2.33. The lowest BCUT2D eigenvalue weighted by atomic mass is 9.85. The monoisotopic (exact) mass is 356 g/mol. The van der Waals surface area contributed by atoms with Crippen LogP contribution in [0.15, 0.2) is 24.3 Å². The smallest absolute Gasteiger partial charge is 0.243 e. The van der Waals surface area contributed by atoms with Gasteiger partial charge in [-0.05, 0) is 37.7 Å². The van der Waals surface area contributed by atoms with Crippen molar-refractivity contribution in [2.45, 2.75) is 57.5 Å². The minimum atomic E-state index is -0.0856. The van der Waals surface area contributed by atoms with Gasteiger partial charge in [-0.1, -0.05) is 54.0 Å². The Hall–Kier alpha value is -1.79. The van der Waals surface area contributed by atoms with Crippen molar-refractivity contribution >= 4 is 22.4 Å². The molecule has 1 saturated carbocycles. The molecule has 132 valence electrons. The van der Waals surface area contributed by atoms with Crippen LogP contribution >= 0.6 is 11.3 Å². The van der Waals surface area contributed by atoms with Crippen LogP contribution in [-0.2, 0) is 11.2 Å². The molecule has 0 radical (unpaired) electrons. The molecule has 1 saturated heterocycles. The van der Waals surface area contributed by atoms with Gasteiger partial charge >= 0.3 is 0 Å². The van der Waals surface area contributed by atoms with Crippen molar-refractivity contribution in [1.82, 2.24) is 15.5 Å². The molecule has 1 aliphatic heterocycles. The average molecular weight is 356 g/mol. The topological polar surface area (TPSA) is 66.9 Å². The van der Waals surface area contributed by atoms with E-state index >= 15 is 0 Å². The lowest BCUT2D eigenvalue weighted by Crippen LogP contribution is -2.39. The van der Waals surface area contributed by atoms with Gasteiger partial charge in [0.15, 0.2) is 0 Å². The largest absolute Gasteiger partial charge is 0.303 e. The van der Waals surface area contributed by atoms with E-state index in [1.807, 2.05) is 0 Å². The minimum absolute atomic E-state index is 0.0347. The van der Waals surface area contributed by atoms with Gasteiger partial charge in [0.05, 0.1) is 6.04 Å². The van der Waals surface area contributed by atoms with Crippen molar-refractivity contribution < 1.29 is 4.79 Å². The molecule has 1 amide bonds. The first-order valence-electron chi connectivity index (χ1n) is 9.12. The van der Waals surface area contributed by atoms with E-state index in [1.54, 1.807) is 0 Å². The number of hydrogen-bond donors (Lipinski definition) is 2. The molecular formula is C19H24N4OS. The van der Waals surface area contributed by atoms with E-state index in [1.165, 1.54) is 48.1 Å². The van der Waals surface area contributed by atoms with E-state index in [9.17, 15) is 4.79 Å². The number of rotatable bonds is 4. The van der Waals surface area contributed by atoms with Crippen molar-refractivity contribution in [2.24, 2.45) is 5.92 Å². The molecule has 1 aromatic heterocycles. The fourth-order valence-corrected chi connectivity index (χ4v) is 4.75. The Labute approximate surface area is 152 Å². The van der Waals surface area contributed by atoms with Gasteiger partial charge in [0.1, 0.15) is 5.01 Å². The third-order valence-corrected chi connectivity index (χ3v) is 6.19. The molecule has 4 rings (SSSR count). The molecule has 0 bridgehead atoms. The number of amides is 1. The molecule has 1 aliphatic carbocycles. The van der Waals surface area contributed by atoms with Gasteiger partial charge in [0.25, 0.3) is 0 Å². The summed E-state index contributed by atoms with van der Waals surface area (Å²) in [6.07, 6.45) is 6.73. The molecular weight excluding hydrogens is 332 g/mol. The van der Waals surface area contributed by atoms with Gasteiger partial charge in [-0.15, -0.1) is 10.2 Å². The van der Waals surface area contributed by atoms with E-state index in [0.717, 1.165) is 17.8 Å². The van der Waals surface area contributed by atoms with Crippen LogP contribution in [0.5, 0.6) is 0 Å². The Morgan fingerprint density at radius 1 is 1.24 bits per heavy atom. The zero-order valence-corrected chi connectivity index (χ0v) is 15.3. The van der Waals surface area contributed by atoms with Crippen molar-refractivity contribution in [3.05, 3.63) is 40.4 Å². The highest BCUT2D eigenvalue weighted by Gasteiger charge is 2.38. The summed E-state index contributed by atoms with van der Waals surface area (Å²) in [6.45, 7) is 2.08. The summed E-state index contributed by atoms with van der Waals surface area (Å²) in [5, 5.41) is 16.3. The summed E-state index contributed by atoms with van der Waals surface area (Å²) in [4.78, 5) is 12.5. The second-order valence-corrected chi connectivity index (χ2v) is 8.32. The van der Waals surface area contributed by atoms with Crippen LogP contribution in [0.4, 0.5) is 5.13 Å². The SMILES string of the molecule is Cc1ccc(Cc2nnc(NC(=O)C3CC4CCCCC4N3)s2)cc1. The van der Waals surface area contributed by atoms with Crippen molar-refractivity contribution in [1.29, 1.82) is 0 Å². The van der Waals surface area contributed by atoms with Gasteiger partial charge < -0.3 is 5.32 Å². The van der Waals surface area contributed by atoms with Gasteiger partial charge in [-0.2, -0.15) is 0 Å². The normalized spacial score (nSPS) is 25.6. The van der Waals surface area contributed by atoms with Gasteiger partial charge in [-0.25, -0.2) is 0 Å². The molecule has 2 heterocycles. The molecule has 2 aliphatic rings. The maximum atomic E-state index is 12.5. The number of anilines is 1. The third kappa shape index (κ3) is 3.90. The van der Waals surface area contributed by atoms with E-state index in [2.05, 4.69) is 52.0 Å². The van der Waals surface area contributed by atoms with E-state index in [-0.39, 0.29) is 11.9 Å². The summed E-state index contributed by atoms with van der Waals surface area (Å²) >= 11 is 1.46. The Bertz CT molecular complexity index is 728. The van der Waals surface area contributed by atoms with Gasteiger partial charge in [0.2, 0.25) is 11.0 Å². The zero-order valence-electron chi connectivity index (χ0n) is 14.5. The first-order valence-corrected chi connectivity index (χ1v) is 9.94. The number of nitrogens with one attached hydrogen (secondary N) is 2. The average Bonchev–Trinajstić information content (AvgIpc) is 3.23. The van der Waals surface area contributed by atoms with Crippen molar-refractivity contribution in [2.75, 3.05) is 5.32 Å². The van der Waals surface area contributed by atoms with Crippen molar-refractivity contribution in [3.8, 4) is 0 Å². The summed E-state index contributed by atoms with van der Waals surface area (Å²) in [6, 6.07) is 8.86. The molecule has 3 atom stereocenters. The summed E-state index contributed by atoms with van der Waals surface area (Å²) in [5.41, 5.74) is 2.46. The van der Waals surface area contributed by atoms with Crippen LogP contribution in [0.3, 0.4) is 0 Å². The minimum Gasteiger partial charge on any atom is -0.303 e. The van der Waals surface area contributed by atoms with Gasteiger partial charge in [-0.3, -0.25) is 10.1 Å². The molecule has 5 nitrogen and oxygen atoms in total. The van der Waals surface area contributed by atoms with Crippen molar-refractivity contribution in [3.63, 3.8) is 0 Å². The van der Waals surface area contributed by atoms with E-state index in [4.69, 9.17) is 0 Å². The molecule has 2 aromatic rings. The molecule has 3 unspecified atom stereocenters. The Morgan fingerprint density at radius 3 is 2.84 bits per heavy atom. The highest BCUT2D eigenvalue weighted by atomic mass is 32.1. The highest BCUT2D eigenvalue weighted by molar-refractivity contribution is 7.15. The first-order chi connectivity index (χ1) is 12.2. The van der Waals surface area contributed by atoms with Crippen LogP contribution in [0.2, 0.25) is 0 Å². The molecule has 2 fully saturated rings. The second kappa shape index (κ2) is 7.22. The molecule has 1 aromatic carbocycles. The number of benzene rings is 1. The lowest BCUT2D eigenvalue weighted by Gasteiger charge is -2.24. The predicted molar refractivity (Wildman–Crippen MR) is 99.8 cm³/mol. The van der Waals surface area contributed by atoms with Gasteiger partial charge in [0, 0.05) is 12.5 Å². The Kier molecular flexibility index (Phi) is 4.81. The fraction of sp³-hybridized carbons (Fsp3) is 0.526. The standard InChI is InChI=1S/C19H24N4OS/c1-12-6-8-13(9-7-12)10-17-22-23-19(25-17)21-18(24)16-11-14-4-2-3-5-15(14)20-16/h6-9,14-16,20H,2-5,10-11H2,1H3,(H,21,23,24). The number of carbonyl (C=O) groups is 1. The first kappa shape index (κ1) is 16.7. The number of aromatic nitrogens is 2. The predicted octanol–water partition coefficient (Wildman–Crippen LogP) is 3.30. The number of fused-ring (bicyclic) bond motifs is 1. The van der Waals surface area contributed by atoms with Crippen LogP contribution in [-0.4, -0.2) is 28.2 Å². The third-order valence-electron chi connectivity index (χ3n) is 5.35. The number of nitrogens with zero attached hydrogens (tertiary/aromatic N) is 2.